The molecule has 0 aromatic carbocycles. The number of thiazole rings is 1. The summed E-state index contributed by atoms with van der Waals surface area (Å²) in [5.74, 6) is -0.800. The van der Waals surface area contributed by atoms with Crippen molar-refractivity contribution < 1.29 is 14.5 Å². The highest BCUT2D eigenvalue weighted by atomic mass is 32.1. The van der Waals surface area contributed by atoms with Gasteiger partial charge in [0.1, 0.15) is 28.1 Å². The van der Waals surface area contributed by atoms with Crippen LogP contribution in [0.1, 0.15) is 6.42 Å². The largest absolute Gasteiger partial charge is 0.481 e. The van der Waals surface area contributed by atoms with Crippen LogP contribution in [0.2, 0.25) is 0 Å². The fourth-order valence-electron chi connectivity index (χ4n) is 1.79. The van der Waals surface area contributed by atoms with Crippen molar-refractivity contribution in [2.24, 2.45) is 0 Å². The van der Waals surface area contributed by atoms with Crippen molar-refractivity contribution in [3.63, 3.8) is 0 Å². The van der Waals surface area contributed by atoms with E-state index in [1.54, 1.807) is 6.20 Å². The quantitative estimate of drug-likeness (QED) is 0.736. The number of pyridine rings is 1. The van der Waals surface area contributed by atoms with Gasteiger partial charge in [-0.3, -0.25) is 4.79 Å². The molecule has 0 spiro atoms. The lowest BCUT2D eigenvalue weighted by Crippen LogP contribution is -2.33. The van der Waals surface area contributed by atoms with Gasteiger partial charge in [0.15, 0.2) is 18.9 Å². The molecule has 3 rings (SSSR count). The molecule has 7 heteroatoms. The van der Waals surface area contributed by atoms with E-state index < -0.39 is 5.97 Å². The second-order valence-electron chi connectivity index (χ2n) is 4.20. The third kappa shape index (κ3) is 2.62. The van der Waals surface area contributed by atoms with Crippen LogP contribution in [0.5, 0.6) is 0 Å². The molecule has 100 valence electrons. The van der Waals surface area contributed by atoms with E-state index in [0.29, 0.717) is 6.54 Å². The first-order chi connectivity index (χ1) is 9.72. The zero-order valence-corrected chi connectivity index (χ0v) is 11.2. The maximum absolute atomic E-state index is 10.5. The van der Waals surface area contributed by atoms with E-state index in [4.69, 9.17) is 5.11 Å². The number of rotatable bonds is 4. The number of carboxylic acids is 1. The van der Waals surface area contributed by atoms with Crippen LogP contribution in [0.3, 0.4) is 0 Å². The molecule has 3 aromatic rings. The van der Waals surface area contributed by atoms with E-state index in [2.05, 4.69) is 15.0 Å². The SMILES string of the molecule is O=C(O)CC[n+]1ccc(-c2nc3cncnc3s2)cc1. The van der Waals surface area contributed by atoms with Crippen LogP contribution in [0.25, 0.3) is 20.9 Å². The maximum atomic E-state index is 10.5. The van der Waals surface area contributed by atoms with Crippen molar-refractivity contribution in [1.29, 1.82) is 0 Å². The molecule has 0 amide bonds. The number of hydrogen-bond donors (Lipinski definition) is 1. The Bertz CT molecular complexity index is 721. The Balaban J connectivity index is 1.85. The van der Waals surface area contributed by atoms with Crippen molar-refractivity contribution in [3.05, 3.63) is 37.1 Å². The highest BCUT2D eigenvalue weighted by molar-refractivity contribution is 7.21. The summed E-state index contributed by atoms with van der Waals surface area (Å²) in [4.78, 5) is 24.0. The molecule has 0 aliphatic rings. The minimum atomic E-state index is -0.800. The van der Waals surface area contributed by atoms with Crippen LogP contribution < -0.4 is 4.57 Å². The summed E-state index contributed by atoms with van der Waals surface area (Å²) in [6, 6.07) is 3.85. The first kappa shape index (κ1) is 12.6. The highest BCUT2D eigenvalue weighted by Crippen LogP contribution is 2.27. The van der Waals surface area contributed by atoms with Crippen molar-refractivity contribution in [2.45, 2.75) is 13.0 Å². The van der Waals surface area contributed by atoms with Crippen molar-refractivity contribution in [2.75, 3.05) is 0 Å². The minimum Gasteiger partial charge on any atom is -0.481 e. The number of fused-ring (bicyclic) bond motifs is 1. The van der Waals surface area contributed by atoms with Gasteiger partial charge in [-0.2, -0.15) is 0 Å². The standard InChI is InChI=1S/C13H10N4O2S/c18-11(19)3-6-17-4-1-9(2-5-17)12-16-10-7-14-8-15-13(10)20-12/h1-2,4-5,7-8H,3,6H2/p+1. The van der Waals surface area contributed by atoms with Gasteiger partial charge in [0.25, 0.3) is 0 Å². The molecule has 3 aromatic heterocycles. The number of carboxylic acid groups (broad SMARTS) is 1. The van der Waals surface area contributed by atoms with E-state index in [0.717, 1.165) is 20.9 Å². The molecule has 0 radical (unpaired) electrons. The first-order valence-corrected chi connectivity index (χ1v) is 6.82. The predicted molar refractivity (Wildman–Crippen MR) is 73.1 cm³/mol. The van der Waals surface area contributed by atoms with E-state index in [1.807, 2.05) is 29.1 Å². The van der Waals surface area contributed by atoms with Crippen LogP contribution in [0.15, 0.2) is 37.1 Å². The van der Waals surface area contributed by atoms with Gasteiger partial charge in [0, 0.05) is 17.7 Å². The Labute approximate surface area is 118 Å². The van der Waals surface area contributed by atoms with Gasteiger partial charge in [0.05, 0.1) is 6.20 Å². The maximum Gasteiger partial charge on any atom is 0.309 e. The molecular formula is C13H11N4O2S+. The zero-order chi connectivity index (χ0) is 13.9. The molecule has 0 fully saturated rings. The van der Waals surface area contributed by atoms with Gasteiger partial charge < -0.3 is 5.11 Å². The first-order valence-electron chi connectivity index (χ1n) is 6.00. The predicted octanol–water partition coefficient (Wildman–Crippen LogP) is 1.52. The van der Waals surface area contributed by atoms with Crippen LogP contribution in [0.4, 0.5) is 0 Å². The number of aryl methyl sites for hydroxylation is 1. The summed E-state index contributed by atoms with van der Waals surface area (Å²) in [5, 5.41) is 9.53. The van der Waals surface area contributed by atoms with Gasteiger partial charge in [-0.05, 0) is 0 Å². The van der Waals surface area contributed by atoms with Gasteiger partial charge in [0.2, 0.25) is 0 Å². The van der Waals surface area contributed by atoms with Crippen molar-refractivity contribution in [1.82, 2.24) is 15.0 Å². The zero-order valence-electron chi connectivity index (χ0n) is 10.4. The number of aromatic nitrogens is 4. The molecule has 0 atom stereocenters. The topological polar surface area (TPSA) is 79.9 Å². The fraction of sp³-hybridized carbons (Fsp3) is 0.154. The third-order valence-corrected chi connectivity index (χ3v) is 3.82. The van der Waals surface area contributed by atoms with Crippen molar-refractivity contribution in [3.8, 4) is 10.6 Å². The summed E-state index contributed by atoms with van der Waals surface area (Å²) >= 11 is 1.51. The van der Waals surface area contributed by atoms with Gasteiger partial charge in [-0.1, -0.05) is 11.3 Å². The lowest BCUT2D eigenvalue weighted by atomic mass is 10.3. The molecule has 0 saturated heterocycles. The number of carbonyl (C=O) groups is 1. The molecule has 1 N–H and O–H groups in total. The van der Waals surface area contributed by atoms with Gasteiger partial charge in [-0.25, -0.2) is 19.5 Å². The fourth-order valence-corrected chi connectivity index (χ4v) is 2.67. The van der Waals surface area contributed by atoms with Crippen LogP contribution in [-0.2, 0) is 11.3 Å². The summed E-state index contributed by atoms with van der Waals surface area (Å²) in [6.45, 7) is 0.459. The van der Waals surface area contributed by atoms with Crippen molar-refractivity contribution >= 4 is 27.7 Å². The average Bonchev–Trinajstić information content (AvgIpc) is 2.89. The Morgan fingerprint density at radius 1 is 1.35 bits per heavy atom. The Hall–Kier alpha value is -2.41. The summed E-state index contributed by atoms with van der Waals surface area (Å²) in [5.41, 5.74) is 1.77. The molecule has 0 aliphatic heterocycles. The minimum absolute atomic E-state index is 0.112. The average molecular weight is 287 g/mol. The molecule has 0 aliphatic carbocycles. The van der Waals surface area contributed by atoms with E-state index in [1.165, 1.54) is 17.7 Å². The lowest BCUT2D eigenvalue weighted by molar-refractivity contribution is -0.695. The van der Waals surface area contributed by atoms with Gasteiger partial charge >= 0.3 is 5.97 Å². The van der Waals surface area contributed by atoms with Crippen LogP contribution in [0, 0.1) is 0 Å². The normalized spacial score (nSPS) is 10.8. The molecule has 0 saturated carbocycles. The smallest absolute Gasteiger partial charge is 0.309 e. The monoisotopic (exact) mass is 287 g/mol. The second-order valence-corrected chi connectivity index (χ2v) is 5.18. The Kier molecular flexibility index (Phi) is 3.34. The van der Waals surface area contributed by atoms with Gasteiger partial charge in [-0.15, -0.1) is 0 Å². The number of hydrogen-bond acceptors (Lipinski definition) is 5. The molecule has 0 bridgehead atoms. The summed E-state index contributed by atoms with van der Waals surface area (Å²) < 4.78 is 1.84. The summed E-state index contributed by atoms with van der Waals surface area (Å²) in [6.07, 6.45) is 7.03. The van der Waals surface area contributed by atoms with E-state index in [9.17, 15) is 4.79 Å². The molecule has 20 heavy (non-hydrogen) atoms. The lowest BCUT2D eigenvalue weighted by Gasteiger charge is -1.96. The molecule has 6 nitrogen and oxygen atoms in total. The summed E-state index contributed by atoms with van der Waals surface area (Å²) in [7, 11) is 0. The van der Waals surface area contributed by atoms with Crippen LogP contribution >= 0.6 is 11.3 Å². The third-order valence-electron chi connectivity index (χ3n) is 2.79. The van der Waals surface area contributed by atoms with E-state index in [-0.39, 0.29) is 6.42 Å². The van der Waals surface area contributed by atoms with E-state index >= 15 is 0 Å². The molecule has 3 heterocycles. The van der Waals surface area contributed by atoms with Crippen LogP contribution in [-0.4, -0.2) is 26.0 Å². The highest BCUT2D eigenvalue weighted by Gasteiger charge is 2.09. The Morgan fingerprint density at radius 3 is 2.85 bits per heavy atom. The second kappa shape index (κ2) is 5.30. The number of nitrogens with zero attached hydrogens (tertiary/aromatic N) is 4. The Morgan fingerprint density at radius 2 is 2.15 bits per heavy atom. The molecular weight excluding hydrogens is 276 g/mol. The molecule has 0 unspecified atom stereocenters. The number of aliphatic carboxylic acids is 1.